The second kappa shape index (κ2) is 6.52. The van der Waals surface area contributed by atoms with Gasteiger partial charge in [-0.1, -0.05) is 12.1 Å². The zero-order valence-corrected chi connectivity index (χ0v) is 16.7. The number of piperazine rings is 1. The van der Waals surface area contributed by atoms with Gasteiger partial charge in [0.2, 0.25) is 0 Å². The summed E-state index contributed by atoms with van der Waals surface area (Å²) < 4.78 is 17.8. The average Bonchev–Trinajstić information content (AvgIpc) is 2.74. The molecule has 1 unspecified atom stereocenters. The van der Waals surface area contributed by atoms with Crippen LogP contribution in [0, 0.1) is 0 Å². The molecular formula is C20H31BN2O3. The molecule has 0 amide bonds. The molecule has 3 aliphatic rings. The minimum Gasteiger partial charge on any atom is -0.399 e. The first kappa shape index (κ1) is 18.3. The molecule has 0 spiro atoms. The average molecular weight is 358 g/mol. The lowest BCUT2D eigenvalue weighted by Crippen LogP contribution is -2.59. The van der Waals surface area contributed by atoms with E-state index in [1.165, 1.54) is 5.69 Å². The molecular weight excluding hydrogens is 327 g/mol. The molecule has 3 saturated heterocycles. The van der Waals surface area contributed by atoms with E-state index in [2.05, 4.69) is 68.7 Å². The maximum absolute atomic E-state index is 6.23. The number of ether oxygens (including phenoxy) is 1. The van der Waals surface area contributed by atoms with Crippen molar-refractivity contribution in [3.8, 4) is 0 Å². The Balaban J connectivity index is 1.48. The van der Waals surface area contributed by atoms with Crippen LogP contribution in [-0.2, 0) is 14.0 Å². The molecule has 3 fully saturated rings. The molecule has 6 heteroatoms. The Morgan fingerprint density at radius 2 is 1.73 bits per heavy atom. The molecule has 3 aliphatic heterocycles. The highest BCUT2D eigenvalue weighted by atomic mass is 16.7. The van der Waals surface area contributed by atoms with Crippen LogP contribution in [0.5, 0.6) is 0 Å². The molecule has 0 aliphatic carbocycles. The predicted octanol–water partition coefficient (Wildman–Crippen LogP) is 1.90. The second-order valence-corrected chi connectivity index (χ2v) is 8.91. The molecule has 0 bridgehead atoms. The van der Waals surface area contributed by atoms with Gasteiger partial charge in [0.15, 0.2) is 0 Å². The van der Waals surface area contributed by atoms with Crippen LogP contribution in [0.3, 0.4) is 0 Å². The van der Waals surface area contributed by atoms with Crippen molar-refractivity contribution >= 4 is 18.3 Å². The molecule has 142 valence electrons. The van der Waals surface area contributed by atoms with Gasteiger partial charge in [-0.3, -0.25) is 4.90 Å². The molecule has 26 heavy (non-hydrogen) atoms. The van der Waals surface area contributed by atoms with Crippen LogP contribution in [0.4, 0.5) is 5.69 Å². The molecule has 0 radical (unpaired) electrons. The van der Waals surface area contributed by atoms with E-state index in [0.29, 0.717) is 12.1 Å². The largest absolute Gasteiger partial charge is 0.494 e. The monoisotopic (exact) mass is 358 g/mol. The van der Waals surface area contributed by atoms with E-state index < -0.39 is 0 Å². The van der Waals surface area contributed by atoms with Crippen molar-refractivity contribution in [1.82, 2.24) is 4.90 Å². The minimum absolute atomic E-state index is 0.302. The van der Waals surface area contributed by atoms with E-state index in [1.807, 2.05) is 0 Å². The van der Waals surface area contributed by atoms with Crippen molar-refractivity contribution in [1.29, 1.82) is 0 Å². The first-order valence-electron chi connectivity index (χ1n) is 9.81. The van der Waals surface area contributed by atoms with Gasteiger partial charge < -0.3 is 18.9 Å². The summed E-state index contributed by atoms with van der Waals surface area (Å²) in [6.07, 6.45) is 0. The number of hydrogen-bond donors (Lipinski definition) is 0. The first-order chi connectivity index (χ1) is 12.3. The zero-order chi connectivity index (χ0) is 18.5. The molecule has 5 nitrogen and oxygen atoms in total. The number of rotatable bonds is 3. The van der Waals surface area contributed by atoms with Gasteiger partial charge in [0, 0.05) is 31.4 Å². The van der Waals surface area contributed by atoms with Crippen molar-refractivity contribution in [2.75, 3.05) is 37.7 Å². The fourth-order valence-corrected chi connectivity index (χ4v) is 3.96. The molecule has 1 aromatic carbocycles. The molecule has 1 atom stereocenters. The van der Waals surface area contributed by atoms with Gasteiger partial charge in [-0.2, -0.15) is 0 Å². The zero-order valence-electron chi connectivity index (χ0n) is 16.7. The molecule has 1 aromatic rings. The third kappa shape index (κ3) is 3.17. The van der Waals surface area contributed by atoms with E-state index in [-0.39, 0.29) is 18.3 Å². The summed E-state index contributed by atoms with van der Waals surface area (Å²) in [4.78, 5) is 5.08. The Labute approximate surface area is 157 Å². The van der Waals surface area contributed by atoms with Gasteiger partial charge in [-0.25, -0.2) is 0 Å². The highest BCUT2D eigenvalue weighted by molar-refractivity contribution is 6.62. The van der Waals surface area contributed by atoms with Gasteiger partial charge in [-0.15, -0.1) is 0 Å². The van der Waals surface area contributed by atoms with Crippen LogP contribution in [0.2, 0.25) is 0 Å². The molecule has 0 N–H and O–H groups in total. The van der Waals surface area contributed by atoms with E-state index in [9.17, 15) is 0 Å². The van der Waals surface area contributed by atoms with Crippen LogP contribution >= 0.6 is 0 Å². The van der Waals surface area contributed by atoms with E-state index >= 15 is 0 Å². The minimum atomic E-state index is -0.308. The van der Waals surface area contributed by atoms with Gasteiger partial charge in [0.05, 0.1) is 30.5 Å². The molecule has 4 rings (SSSR count). The van der Waals surface area contributed by atoms with E-state index in [1.54, 1.807) is 0 Å². The maximum Gasteiger partial charge on any atom is 0.494 e. The van der Waals surface area contributed by atoms with Crippen LogP contribution in [0.15, 0.2) is 24.3 Å². The smallest absolute Gasteiger partial charge is 0.399 e. The van der Waals surface area contributed by atoms with Gasteiger partial charge in [0.1, 0.15) is 0 Å². The van der Waals surface area contributed by atoms with E-state index in [0.717, 1.165) is 38.3 Å². The highest BCUT2D eigenvalue weighted by Gasteiger charge is 2.51. The third-order valence-corrected chi connectivity index (χ3v) is 6.52. The summed E-state index contributed by atoms with van der Waals surface area (Å²) in [5, 5.41) is 0. The normalized spacial score (nSPS) is 29.0. The quantitative estimate of drug-likeness (QED) is 0.771. The lowest BCUT2D eigenvalue weighted by atomic mass is 9.79. The van der Waals surface area contributed by atoms with Crippen molar-refractivity contribution < 1.29 is 14.0 Å². The van der Waals surface area contributed by atoms with Gasteiger partial charge in [-0.05, 0) is 52.2 Å². The lowest BCUT2D eigenvalue weighted by Gasteiger charge is -2.46. The van der Waals surface area contributed by atoms with Gasteiger partial charge in [0.25, 0.3) is 0 Å². The Bertz CT molecular complexity index is 646. The summed E-state index contributed by atoms with van der Waals surface area (Å²) >= 11 is 0. The Morgan fingerprint density at radius 1 is 1.04 bits per heavy atom. The van der Waals surface area contributed by atoms with Crippen LogP contribution in [0.1, 0.15) is 34.6 Å². The number of nitrogens with zero attached hydrogens (tertiary/aromatic N) is 2. The predicted molar refractivity (Wildman–Crippen MR) is 105 cm³/mol. The Morgan fingerprint density at radius 3 is 2.31 bits per heavy atom. The Hall–Kier alpha value is -1.08. The van der Waals surface area contributed by atoms with Crippen molar-refractivity contribution in [2.45, 2.75) is 57.9 Å². The van der Waals surface area contributed by atoms with Crippen LogP contribution < -0.4 is 10.4 Å². The summed E-state index contributed by atoms with van der Waals surface area (Å²) in [5.41, 5.74) is 1.74. The van der Waals surface area contributed by atoms with Crippen molar-refractivity contribution in [3.05, 3.63) is 24.3 Å². The summed E-state index contributed by atoms with van der Waals surface area (Å²) in [7, 11) is -0.302. The van der Waals surface area contributed by atoms with Crippen LogP contribution in [-0.4, -0.2) is 68.2 Å². The van der Waals surface area contributed by atoms with Crippen molar-refractivity contribution in [3.63, 3.8) is 0 Å². The number of hydrogen-bond acceptors (Lipinski definition) is 5. The summed E-state index contributed by atoms with van der Waals surface area (Å²) in [6, 6.07) is 9.77. The first-order valence-corrected chi connectivity index (χ1v) is 9.81. The Kier molecular flexibility index (Phi) is 4.59. The fraction of sp³-hybridized carbons (Fsp3) is 0.700. The molecule has 3 heterocycles. The fourth-order valence-electron chi connectivity index (χ4n) is 3.96. The second-order valence-electron chi connectivity index (χ2n) is 8.91. The SMILES string of the molecule is CC1CN(C2COC2)CCN1c1cccc(B2OC(C)(C)C(C)(C)O2)c1. The van der Waals surface area contributed by atoms with E-state index in [4.69, 9.17) is 14.0 Å². The standard InChI is InChI=1S/C20H31BN2O3/c1-15-12-22(18-13-24-14-18)9-10-23(15)17-8-6-7-16(11-17)21-25-19(2,3)20(4,5)26-21/h6-8,11,15,18H,9-10,12-14H2,1-5H3. The number of anilines is 1. The molecule has 0 saturated carbocycles. The highest BCUT2D eigenvalue weighted by Crippen LogP contribution is 2.36. The molecule has 0 aromatic heterocycles. The third-order valence-electron chi connectivity index (χ3n) is 6.52. The summed E-state index contributed by atoms with van der Waals surface area (Å²) in [5.74, 6) is 0. The van der Waals surface area contributed by atoms with Crippen LogP contribution in [0.25, 0.3) is 0 Å². The van der Waals surface area contributed by atoms with Gasteiger partial charge >= 0.3 is 7.12 Å². The summed E-state index contributed by atoms with van der Waals surface area (Å²) in [6.45, 7) is 15.7. The lowest BCUT2D eigenvalue weighted by molar-refractivity contribution is -0.0691. The number of benzene rings is 1. The topological polar surface area (TPSA) is 34.2 Å². The van der Waals surface area contributed by atoms with Crippen molar-refractivity contribution in [2.24, 2.45) is 0 Å². The maximum atomic E-state index is 6.23.